The molecule has 140 valence electrons. The third-order valence-corrected chi connectivity index (χ3v) is 5.98. The summed E-state index contributed by atoms with van der Waals surface area (Å²) in [6.07, 6.45) is 2.32. The van der Waals surface area contributed by atoms with Crippen LogP contribution in [0.4, 0.5) is 11.6 Å². The van der Waals surface area contributed by atoms with E-state index in [9.17, 15) is 4.79 Å². The Morgan fingerprint density at radius 1 is 0.964 bits per heavy atom. The van der Waals surface area contributed by atoms with Crippen molar-refractivity contribution < 1.29 is 4.79 Å². The summed E-state index contributed by atoms with van der Waals surface area (Å²) >= 11 is 0. The summed E-state index contributed by atoms with van der Waals surface area (Å²) in [5, 5.41) is 0. The normalized spacial score (nSPS) is 18.1. The Kier molecular flexibility index (Phi) is 4.00. The molecule has 0 saturated heterocycles. The van der Waals surface area contributed by atoms with Gasteiger partial charge in [-0.3, -0.25) is 4.79 Å². The van der Waals surface area contributed by atoms with Gasteiger partial charge in [-0.05, 0) is 49.8 Å². The van der Waals surface area contributed by atoms with Crippen LogP contribution in [0.15, 0.2) is 48.5 Å². The Labute approximate surface area is 165 Å². The van der Waals surface area contributed by atoms with Gasteiger partial charge in [0.25, 0.3) is 0 Å². The van der Waals surface area contributed by atoms with Crippen molar-refractivity contribution in [2.24, 2.45) is 0 Å². The summed E-state index contributed by atoms with van der Waals surface area (Å²) < 4.78 is 0. The Balaban J connectivity index is 1.53. The standard InChI is InChI=1S/C24H23N3O/c1-15-7-9-17(10-8-15)19-13-20-23(22(28)14-19)16(2)25-24(26-20)27-12-11-18-5-3-4-6-21(18)27/h3-10,19H,11-14H2,1-2H3/t19-/m1/s1. The Morgan fingerprint density at radius 3 is 2.57 bits per heavy atom. The van der Waals surface area contributed by atoms with Gasteiger partial charge in [0.2, 0.25) is 5.95 Å². The van der Waals surface area contributed by atoms with Crippen molar-refractivity contribution in [3.8, 4) is 0 Å². The quantitative estimate of drug-likeness (QED) is 0.657. The van der Waals surface area contributed by atoms with Crippen LogP contribution < -0.4 is 4.90 Å². The average Bonchev–Trinajstić information content (AvgIpc) is 3.12. The first-order valence-corrected chi connectivity index (χ1v) is 9.93. The van der Waals surface area contributed by atoms with Crippen LogP contribution in [0.1, 0.15) is 50.8 Å². The first kappa shape index (κ1) is 17.1. The van der Waals surface area contributed by atoms with Crippen molar-refractivity contribution in [2.45, 2.75) is 39.0 Å². The molecule has 0 unspecified atom stereocenters. The minimum absolute atomic E-state index is 0.165. The molecule has 2 aliphatic rings. The maximum absolute atomic E-state index is 12.9. The molecular weight excluding hydrogens is 346 g/mol. The number of para-hydroxylation sites is 1. The Hall–Kier alpha value is -3.01. The second-order valence-corrected chi connectivity index (χ2v) is 7.90. The molecule has 1 aromatic heterocycles. The fourth-order valence-corrected chi connectivity index (χ4v) is 4.50. The van der Waals surface area contributed by atoms with Crippen LogP contribution in [0.3, 0.4) is 0 Å². The van der Waals surface area contributed by atoms with Crippen LogP contribution in [0.25, 0.3) is 0 Å². The minimum Gasteiger partial charge on any atom is -0.310 e. The van der Waals surface area contributed by atoms with Gasteiger partial charge in [0.15, 0.2) is 5.78 Å². The third kappa shape index (κ3) is 2.80. The average molecular weight is 369 g/mol. The van der Waals surface area contributed by atoms with E-state index in [-0.39, 0.29) is 11.7 Å². The molecule has 2 aromatic carbocycles. The van der Waals surface area contributed by atoms with Gasteiger partial charge in [-0.25, -0.2) is 9.97 Å². The van der Waals surface area contributed by atoms with E-state index in [1.807, 2.05) is 6.92 Å². The van der Waals surface area contributed by atoms with E-state index in [0.29, 0.717) is 6.42 Å². The molecule has 0 spiro atoms. The summed E-state index contributed by atoms with van der Waals surface area (Å²) in [5.41, 5.74) is 7.40. The number of rotatable bonds is 2. The van der Waals surface area contributed by atoms with Crippen LogP contribution in [-0.4, -0.2) is 22.3 Å². The fourth-order valence-electron chi connectivity index (χ4n) is 4.50. The highest BCUT2D eigenvalue weighted by atomic mass is 16.1. The smallest absolute Gasteiger partial charge is 0.230 e. The summed E-state index contributed by atoms with van der Waals surface area (Å²) in [6.45, 7) is 4.91. The van der Waals surface area contributed by atoms with Crippen molar-refractivity contribution in [2.75, 3.05) is 11.4 Å². The minimum atomic E-state index is 0.165. The van der Waals surface area contributed by atoms with E-state index in [4.69, 9.17) is 9.97 Å². The highest BCUT2D eigenvalue weighted by molar-refractivity contribution is 5.99. The molecule has 0 radical (unpaired) electrons. The van der Waals surface area contributed by atoms with Crippen LogP contribution >= 0.6 is 0 Å². The van der Waals surface area contributed by atoms with Crippen molar-refractivity contribution in [3.05, 3.63) is 82.2 Å². The maximum Gasteiger partial charge on any atom is 0.230 e. The molecule has 1 aliphatic carbocycles. The van der Waals surface area contributed by atoms with E-state index in [1.54, 1.807) is 0 Å². The largest absolute Gasteiger partial charge is 0.310 e. The lowest BCUT2D eigenvalue weighted by atomic mass is 9.81. The molecule has 0 saturated carbocycles. The lowest BCUT2D eigenvalue weighted by Crippen LogP contribution is -2.25. The molecule has 28 heavy (non-hydrogen) atoms. The first-order valence-electron chi connectivity index (χ1n) is 9.93. The molecule has 3 aromatic rings. The molecule has 0 N–H and O–H groups in total. The van der Waals surface area contributed by atoms with Gasteiger partial charge in [0, 0.05) is 18.7 Å². The molecule has 2 heterocycles. The van der Waals surface area contributed by atoms with Gasteiger partial charge in [-0.1, -0.05) is 48.0 Å². The molecule has 1 aliphatic heterocycles. The number of hydrogen-bond donors (Lipinski definition) is 0. The number of carbonyl (C=O) groups is 1. The molecule has 0 fully saturated rings. The lowest BCUT2D eigenvalue weighted by Gasteiger charge is -2.26. The molecule has 1 atom stereocenters. The van der Waals surface area contributed by atoms with Crippen molar-refractivity contribution in [1.82, 2.24) is 9.97 Å². The SMILES string of the molecule is Cc1ccc([C@H]2CC(=O)c3c(C)nc(N4CCc5ccccc54)nc3C2)cc1. The van der Waals surface area contributed by atoms with Gasteiger partial charge in [-0.15, -0.1) is 0 Å². The van der Waals surface area contributed by atoms with Crippen molar-refractivity contribution in [1.29, 1.82) is 0 Å². The zero-order valence-electron chi connectivity index (χ0n) is 16.3. The summed E-state index contributed by atoms with van der Waals surface area (Å²) in [6, 6.07) is 16.9. The monoisotopic (exact) mass is 369 g/mol. The number of fused-ring (bicyclic) bond motifs is 2. The predicted molar refractivity (Wildman–Crippen MR) is 110 cm³/mol. The highest BCUT2D eigenvalue weighted by Gasteiger charge is 2.31. The Morgan fingerprint density at radius 2 is 1.75 bits per heavy atom. The van der Waals surface area contributed by atoms with Crippen LogP contribution in [0, 0.1) is 13.8 Å². The van der Waals surface area contributed by atoms with Crippen LogP contribution in [-0.2, 0) is 12.8 Å². The lowest BCUT2D eigenvalue weighted by molar-refractivity contribution is 0.0962. The maximum atomic E-state index is 12.9. The zero-order chi connectivity index (χ0) is 19.3. The Bertz CT molecular complexity index is 1070. The highest BCUT2D eigenvalue weighted by Crippen LogP contribution is 2.36. The number of hydrogen-bond acceptors (Lipinski definition) is 4. The number of ketones is 1. The van der Waals surface area contributed by atoms with E-state index in [1.165, 1.54) is 22.4 Å². The van der Waals surface area contributed by atoms with Crippen LogP contribution in [0.5, 0.6) is 0 Å². The molecular formula is C24H23N3O. The van der Waals surface area contributed by atoms with Gasteiger partial charge >= 0.3 is 0 Å². The molecule has 5 rings (SSSR count). The van der Waals surface area contributed by atoms with Crippen LogP contribution in [0.2, 0.25) is 0 Å². The van der Waals surface area contributed by atoms with Gasteiger partial charge in [-0.2, -0.15) is 0 Å². The van der Waals surface area contributed by atoms with E-state index < -0.39 is 0 Å². The van der Waals surface area contributed by atoms with Crippen molar-refractivity contribution in [3.63, 3.8) is 0 Å². The number of benzene rings is 2. The second kappa shape index (κ2) is 6.55. The molecule has 4 nitrogen and oxygen atoms in total. The number of carbonyl (C=O) groups excluding carboxylic acids is 1. The van der Waals surface area contributed by atoms with Gasteiger partial charge in [0.05, 0.1) is 17.0 Å². The number of nitrogens with zero attached hydrogens (tertiary/aromatic N) is 3. The fraction of sp³-hybridized carbons (Fsp3) is 0.292. The zero-order valence-corrected chi connectivity index (χ0v) is 16.3. The molecule has 4 heteroatoms. The topological polar surface area (TPSA) is 46.1 Å². The third-order valence-electron chi connectivity index (χ3n) is 5.98. The number of Topliss-reactive ketones (excluding diaryl/α,β-unsaturated/α-hetero) is 1. The van der Waals surface area contributed by atoms with E-state index >= 15 is 0 Å². The van der Waals surface area contributed by atoms with E-state index in [0.717, 1.165) is 42.3 Å². The predicted octanol–water partition coefficient (Wildman–Crippen LogP) is 4.70. The first-order chi connectivity index (χ1) is 13.6. The summed E-state index contributed by atoms with van der Waals surface area (Å²) in [4.78, 5) is 24.7. The van der Waals surface area contributed by atoms with Crippen molar-refractivity contribution >= 4 is 17.4 Å². The summed E-state index contributed by atoms with van der Waals surface area (Å²) in [5.74, 6) is 1.07. The van der Waals surface area contributed by atoms with Gasteiger partial charge < -0.3 is 4.90 Å². The molecule has 0 amide bonds. The molecule has 0 bridgehead atoms. The van der Waals surface area contributed by atoms with Gasteiger partial charge in [0.1, 0.15) is 0 Å². The summed E-state index contributed by atoms with van der Waals surface area (Å²) in [7, 11) is 0. The number of aromatic nitrogens is 2. The number of anilines is 2. The number of aryl methyl sites for hydroxylation is 2. The second-order valence-electron chi connectivity index (χ2n) is 7.90. The van der Waals surface area contributed by atoms with E-state index in [2.05, 4.69) is 60.4 Å².